The van der Waals surface area contributed by atoms with Gasteiger partial charge in [0.1, 0.15) is 0 Å². The van der Waals surface area contributed by atoms with Crippen molar-refractivity contribution in [2.75, 3.05) is 6.61 Å². The summed E-state index contributed by atoms with van der Waals surface area (Å²) in [5, 5.41) is 0. The molecule has 0 amide bonds. The average Bonchev–Trinajstić information content (AvgIpc) is 2.56. The maximum atomic E-state index is 11.6. The summed E-state index contributed by atoms with van der Waals surface area (Å²) in [4.78, 5) is 11.6. The molecule has 0 aromatic heterocycles. The van der Waals surface area contributed by atoms with Gasteiger partial charge in [-0.05, 0) is 30.5 Å². The minimum Gasteiger partial charge on any atom is -0.466 e. The Morgan fingerprint density at radius 3 is 2.94 bits per heavy atom. The normalized spacial score (nSPS) is 13.8. The lowest BCUT2D eigenvalue weighted by atomic mass is 10.0. The summed E-state index contributed by atoms with van der Waals surface area (Å²) in [7, 11) is 0. The molecule has 1 aliphatic rings. The first kappa shape index (κ1) is 12.4. The third kappa shape index (κ3) is 2.60. The maximum Gasteiger partial charge on any atom is 0.310 e. The molecule has 0 N–H and O–H groups in total. The third-order valence-electron chi connectivity index (χ3n) is 2.89. The molecule has 0 radical (unpaired) electrons. The number of carbonyl (C=O) groups is 1. The standard InChI is InChI=1S/C14H15BrO2/c1-3-17-14(16)8-12-11-6-9(2)4-5-10(11)7-13(12)15/h4-6H,3,7-8H2,1-2H3. The van der Waals surface area contributed by atoms with Gasteiger partial charge in [-0.3, -0.25) is 4.79 Å². The van der Waals surface area contributed by atoms with Crippen molar-refractivity contribution >= 4 is 27.5 Å². The summed E-state index contributed by atoms with van der Waals surface area (Å²) in [6.07, 6.45) is 1.23. The molecule has 3 heteroatoms. The highest BCUT2D eigenvalue weighted by atomic mass is 79.9. The molecule has 90 valence electrons. The smallest absolute Gasteiger partial charge is 0.310 e. The molecule has 2 nitrogen and oxygen atoms in total. The fourth-order valence-electron chi connectivity index (χ4n) is 2.09. The van der Waals surface area contributed by atoms with E-state index < -0.39 is 0 Å². The van der Waals surface area contributed by atoms with Crippen molar-refractivity contribution in [2.24, 2.45) is 0 Å². The molecular formula is C14H15BrO2. The van der Waals surface area contributed by atoms with E-state index in [1.807, 2.05) is 6.92 Å². The highest BCUT2D eigenvalue weighted by molar-refractivity contribution is 9.11. The van der Waals surface area contributed by atoms with Crippen LogP contribution in [0.15, 0.2) is 22.7 Å². The number of fused-ring (bicyclic) bond motifs is 1. The molecular weight excluding hydrogens is 280 g/mol. The van der Waals surface area contributed by atoms with Gasteiger partial charge in [0.25, 0.3) is 0 Å². The Kier molecular flexibility index (Phi) is 3.67. The highest BCUT2D eigenvalue weighted by Gasteiger charge is 2.22. The van der Waals surface area contributed by atoms with Crippen LogP contribution in [0, 0.1) is 6.92 Å². The van der Waals surface area contributed by atoms with Gasteiger partial charge in [-0.15, -0.1) is 0 Å². The second-order valence-electron chi connectivity index (χ2n) is 4.20. The van der Waals surface area contributed by atoms with Crippen molar-refractivity contribution in [2.45, 2.75) is 26.7 Å². The molecule has 17 heavy (non-hydrogen) atoms. The molecule has 1 aromatic rings. The molecule has 0 heterocycles. The Hall–Kier alpha value is -1.09. The van der Waals surface area contributed by atoms with Gasteiger partial charge in [-0.1, -0.05) is 39.7 Å². The first-order chi connectivity index (χ1) is 8.11. The fourth-order valence-corrected chi connectivity index (χ4v) is 2.75. The summed E-state index contributed by atoms with van der Waals surface area (Å²) in [6, 6.07) is 6.37. The lowest BCUT2D eigenvalue weighted by molar-refractivity contribution is -0.141. The second kappa shape index (κ2) is 5.05. The summed E-state index contributed by atoms with van der Waals surface area (Å²) in [5.74, 6) is -0.159. The first-order valence-electron chi connectivity index (χ1n) is 5.75. The van der Waals surface area contributed by atoms with Crippen molar-refractivity contribution in [3.05, 3.63) is 39.4 Å². The quantitative estimate of drug-likeness (QED) is 0.796. The van der Waals surface area contributed by atoms with Crippen LogP contribution in [0.1, 0.15) is 30.0 Å². The van der Waals surface area contributed by atoms with Gasteiger partial charge in [0, 0.05) is 10.9 Å². The number of hydrogen-bond donors (Lipinski definition) is 0. The number of carbonyl (C=O) groups excluding carboxylic acids is 1. The van der Waals surface area contributed by atoms with Crippen molar-refractivity contribution in [1.29, 1.82) is 0 Å². The Balaban J connectivity index is 2.27. The van der Waals surface area contributed by atoms with Crippen LogP contribution < -0.4 is 0 Å². The predicted octanol–water partition coefficient (Wildman–Crippen LogP) is 3.61. The van der Waals surface area contributed by atoms with E-state index in [9.17, 15) is 4.79 Å². The molecule has 0 aliphatic heterocycles. The van der Waals surface area contributed by atoms with E-state index >= 15 is 0 Å². The van der Waals surface area contributed by atoms with Gasteiger partial charge in [0.05, 0.1) is 13.0 Å². The summed E-state index contributed by atoms with van der Waals surface area (Å²) in [6.45, 7) is 4.33. The van der Waals surface area contributed by atoms with Crippen LogP contribution in [0.4, 0.5) is 0 Å². The topological polar surface area (TPSA) is 26.3 Å². The van der Waals surface area contributed by atoms with Gasteiger partial charge >= 0.3 is 5.97 Å². The van der Waals surface area contributed by atoms with Gasteiger partial charge < -0.3 is 4.74 Å². The summed E-state index contributed by atoms with van der Waals surface area (Å²) in [5.41, 5.74) is 4.75. The zero-order chi connectivity index (χ0) is 12.4. The van der Waals surface area contributed by atoms with Crippen molar-refractivity contribution in [3.8, 4) is 0 Å². The van der Waals surface area contributed by atoms with Crippen molar-refractivity contribution < 1.29 is 9.53 Å². The van der Waals surface area contributed by atoms with E-state index in [0.29, 0.717) is 13.0 Å². The van der Waals surface area contributed by atoms with E-state index in [4.69, 9.17) is 4.74 Å². The monoisotopic (exact) mass is 294 g/mol. The summed E-state index contributed by atoms with van der Waals surface area (Å²) < 4.78 is 6.11. The van der Waals surface area contributed by atoms with Gasteiger partial charge in [-0.25, -0.2) is 0 Å². The molecule has 1 aromatic carbocycles. The van der Waals surface area contributed by atoms with Crippen LogP contribution in [0.2, 0.25) is 0 Å². The number of ether oxygens (including phenoxy) is 1. The van der Waals surface area contributed by atoms with Crippen LogP contribution in [0.25, 0.3) is 5.57 Å². The minimum atomic E-state index is -0.159. The minimum absolute atomic E-state index is 0.159. The average molecular weight is 295 g/mol. The lowest BCUT2D eigenvalue weighted by Gasteiger charge is -2.07. The molecule has 0 saturated heterocycles. The Bertz CT molecular complexity index is 489. The number of allylic oxidation sites excluding steroid dienone is 1. The molecule has 0 fully saturated rings. The van der Waals surface area contributed by atoms with Crippen LogP contribution >= 0.6 is 15.9 Å². The second-order valence-corrected chi connectivity index (χ2v) is 5.16. The van der Waals surface area contributed by atoms with Gasteiger partial charge in [-0.2, -0.15) is 0 Å². The molecule has 0 unspecified atom stereocenters. The lowest BCUT2D eigenvalue weighted by Crippen LogP contribution is -2.04. The van der Waals surface area contributed by atoms with Crippen molar-refractivity contribution in [1.82, 2.24) is 0 Å². The summed E-state index contributed by atoms with van der Waals surface area (Å²) >= 11 is 3.56. The molecule has 0 spiro atoms. The van der Waals surface area contributed by atoms with Crippen LogP contribution in [-0.4, -0.2) is 12.6 Å². The number of halogens is 1. The zero-order valence-electron chi connectivity index (χ0n) is 10.0. The molecule has 2 rings (SSSR count). The first-order valence-corrected chi connectivity index (χ1v) is 6.54. The fraction of sp³-hybridized carbons (Fsp3) is 0.357. The molecule has 0 atom stereocenters. The van der Waals surface area contributed by atoms with Gasteiger partial charge in [0.2, 0.25) is 0 Å². The van der Waals surface area contributed by atoms with E-state index in [-0.39, 0.29) is 5.97 Å². The van der Waals surface area contributed by atoms with E-state index in [1.54, 1.807) is 0 Å². The van der Waals surface area contributed by atoms with Crippen LogP contribution in [0.5, 0.6) is 0 Å². The van der Waals surface area contributed by atoms with E-state index in [2.05, 4.69) is 41.1 Å². The Morgan fingerprint density at radius 1 is 1.47 bits per heavy atom. The predicted molar refractivity (Wildman–Crippen MR) is 72.0 cm³/mol. The third-order valence-corrected chi connectivity index (χ3v) is 3.65. The highest BCUT2D eigenvalue weighted by Crippen LogP contribution is 2.38. The van der Waals surface area contributed by atoms with Crippen LogP contribution in [-0.2, 0) is 16.0 Å². The number of aryl methyl sites for hydroxylation is 1. The number of esters is 1. The Labute approximate surface area is 110 Å². The number of benzene rings is 1. The molecule has 0 bridgehead atoms. The SMILES string of the molecule is CCOC(=O)CC1=C(Br)Cc2ccc(C)cc21. The van der Waals surface area contributed by atoms with E-state index in [0.717, 1.165) is 16.5 Å². The maximum absolute atomic E-state index is 11.6. The molecule has 0 saturated carbocycles. The van der Waals surface area contributed by atoms with Crippen molar-refractivity contribution in [3.63, 3.8) is 0 Å². The van der Waals surface area contributed by atoms with Gasteiger partial charge in [0.15, 0.2) is 0 Å². The van der Waals surface area contributed by atoms with E-state index in [1.165, 1.54) is 16.7 Å². The largest absolute Gasteiger partial charge is 0.466 e. The number of hydrogen-bond acceptors (Lipinski definition) is 2. The van der Waals surface area contributed by atoms with Crippen LogP contribution in [0.3, 0.4) is 0 Å². The number of rotatable bonds is 3. The molecule has 1 aliphatic carbocycles. The zero-order valence-corrected chi connectivity index (χ0v) is 11.6. The Morgan fingerprint density at radius 2 is 2.24 bits per heavy atom.